The molecule has 5 nitrogen and oxygen atoms in total. The molecule has 0 saturated carbocycles. The van der Waals surface area contributed by atoms with Crippen LogP contribution in [0.2, 0.25) is 0 Å². The molecule has 0 aliphatic carbocycles. The number of rotatable bonds is 5. The summed E-state index contributed by atoms with van der Waals surface area (Å²) < 4.78 is 5.74. The first-order valence-corrected chi connectivity index (χ1v) is 10.9. The summed E-state index contributed by atoms with van der Waals surface area (Å²) in [4.78, 5) is 9.29. The number of hydrogen-bond donors (Lipinski definition) is 1. The molecule has 152 valence electrons. The Balaban J connectivity index is 0.00000261. The van der Waals surface area contributed by atoms with Gasteiger partial charge in [-0.25, -0.2) is 0 Å². The van der Waals surface area contributed by atoms with Gasteiger partial charge in [-0.3, -0.25) is 4.99 Å². The van der Waals surface area contributed by atoms with Crippen molar-refractivity contribution in [2.75, 3.05) is 56.2 Å². The van der Waals surface area contributed by atoms with Crippen LogP contribution in [0.5, 0.6) is 0 Å². The van der Waals surface area contributed by atoms with Crippen LogP contribution in [0.3, 0.4) is 0 Å². The average molecular weight is 504 g/mol. The van der Waals surface area contributed by atoms with Crippen molar-refractivity contribution in [2.24, 2.45) is 4.99 Å². The van der Waals surface area contributed by atoms with Gasteiger partial charge in [-0.1, -0.05) is 12.1 Å². The van der Waals surface area contributed by atoms with Gasteiger partial charge in [0.05, 0.1) is 6.10 Å². The van der Waals surface area contributed by atoms with Crippen molar-refractivity contribution >= 4 is 47.4 Å². The zero-order valence-electron chi connectivity index (χ0n) is 16.5. The second kappa shape index (κ2) is 12.0. The van der Waals surface area contributed by atoms with Crippen LogP contribution in [0.1, 0.15) is 25.3 Å². The second-order valence-corrected chi connectivity index (χ2v) is 8.03. The summed E-state index contributed by atoms with van der Waals surface area (Å²) in [5.41, 5.74) is 2.64. The molecule has 7 heteroatoms. The quantitative estimate of drug-likeness (QED) is 0.378. The van der Waals surface area contributed by atoms with Crippen molar-refractivity contribution in [3.8, 4) is 0 Å². The molecule has 0 radical (unpaired) electrons. The Morgan fingerprint density at radius 3 is 2.41 bits per heavy atom. The zero-order chi connectivity index (χ0) is 18.2. The van der Waals surface area contributed by atoms with E-state index in [2.05, 4.69) is 51.3 Å². The van der Waals surface area contributed by atoms with E-state index in [1.807, 2.05) is 18.8 Å². The third-order valence-electron chi connectivity index (χ3n) is 5.12. The Bertz CT molecular complexity index is 570. The number of thioether (sulfide) groups is 1. The molecule has 0 atom stereocenters. The maximum absolute atomic E-state index is 5.74. The number of benzene rings is 1. The first kappa shape index (κ1) is 22.6. The van der Waals surface area contributed by atoms with Crippen LogP contribution >= 0.6 is 35.7 Å². The summed E-state index contributed by atoms with van der Waals surface area (Å²) in [7, 11) is 1.87. The van der Waals surface area contributed by atoms with E-state index in [1.165, 1.54) is 22.8 Å². The number of halogens is 1. The summed E-state index contributed by atoms with van der Waals surface area (Å²) in [5, 5.41) is 3.52. The van der Waals surface area contributed by atoms with Crippen LogP contribution in [0, 0.1) is 0 Å². The summed E-state index contributed by atoms with van der Waals surface area (Å²) in [6, 6.07) is 8.98. The molecule has 2 fully saturated rings. The van der Waals surface area contributed by atoms with E-state index in [0.717, 1.165) is 58.1 Å². The molecular weight excluding hydrogens is 471 g/mol. The number of nitrogens with one attached hydrogen (secondary N) is 1. The minimum Gasteiger partial charge on any atom is -0.378 e. The first-order chi connectivity index (χ1) is 12.8. The van der Waals surface area contributed by atoms with Gasteiger partial charge in [-0.05, 0) is 37.5 Å². The molecular formula is C20H33IN4OS. The molecule has 2 heterocycles. The van der Waals surface area contributed by atoms with Gasteiger partial charge in [0, 0.05) is 63.6 Å². The fraction of sp³-hybridized carbons (Fsp3) is 0.650. The van der Waals surface area contributed by atoms with Gasteiger partial charge in [0.25, 0.3) is 0 Å². The predicted molar refractivity (Wildman–Crippen MR) is 128 cm³/mol. The van der Waals surface area contributed by atoms with Gasteiger partial charge >= 0.3 is 0 Å². The zero-order valence-corrected chi connectivity index (χ0v) is 19.7. The fourth-order valence-corrected chi connectivity index (χ4v) is 4.53. The molecule has 0 amide bonds. The second-order valence-electron chi connectivity index (χ2n) is 6.81. The molecule has 2 aliphatic heterocycles. The maximum Gasteiger partial charge on any atom is 0.193 e. The Morgan fingerprint density at radius 2 is 1.81 bits per heavy atom. The Labute approximate surface area is 185 Å². The van der Waals surface area contributed by atoms with Crippen molar-refractivity contribution in [2.45, 2.75) is 32.4 Å². The lowest BCUT2D eigenvalue weighted by Crippen LogP contribution is -2.46. The van der Waals surface area contributed by atoms with E-state index < -0.39 is 0 Å². The number of piperidine rings is 1. The number of nitrogens with zero attached hydrogens (tertiary/aromatic N) is 3. The third-order valence-corrected chi connectivity index (χ3v) is 6.06. The third kappa shape index (κ3) is 6.71. The lowest BCUT2D eigenvalue weighted by Gasteiger charge is -2.34. The van der Waals surface area contributed by atoms with E-state index in [4.69, 9.17) is 4.74 Å². The van der Waals surface area contributed by atoms with Crippen molar-refractivity contribution < 1.29 is 4.74 Å². The highest BCUT2D eigenvalue weighted by Crippen LogP contribution is 2.20. The van der Waals surface area contributed by atoms with Crippen LogP contribution in [-0.4, -0.2) is 68.3 Å². The number of hydrogen-bond acceptors (Lipinski definition) is 4. The highest BCUT2D eigenvalue weighted by Gasteiger charge is 2.21. The first-order valence-electron chi connectivity index (χ1n) is 9.79. The molecule has 27 heavy (non-hydrogen) atoms. The minimum atomic E-state index is 0. The van der Waals surface area contributed by atoms with Gasteiger partial charge in [0.2, 0.25) is 0 Å². The number of aliphatic imine (C=N–C) groups is 1. The Morgan fingerprint density at radius 1 is 1.15 bits per heavy atom. The molecule has 1 aromatic rings. The van der Waals surface area contributed by atoms with E-state index in [9.17, 15) is 0 Å². The van der Waals surface area contributed by atoms with Crippen molar-refractivity contribution in [3.63, 3.8) is 0 Å². The normalized spacial score (nSPS) is 19.0. The summed E-state index contributed by atoms with van der Waals surface area (Å²) >= 11 is 2.05. The standard InChI is InChI=1S/C20H32N4OS.HI/c1-3-25-19-8-10-24(11-9-19)20(21-2)22-16-17-4-6-18(7-5-17)23-12-14-26-15-13-23;/h4-7,19H,3,8-16H2,1-2H3,(H,21,22);1H. The highest BCUT2D eigenvalue weighted by atomic mass is 127. The SMILES string of the molecule is CCOC1CCN(C(=NC)NCc2ccc(N3CCSCC3)cc2)CC1.I. The van der Waals surface area contributed by atoms with Crippen molar-refractivity contribution in [3.05, 3.63) is 29.8 Å². The lowest BCUT2D eigenvalue weighted by molar-refractivity contribution is 0.0263. The summed E-state index contributed by atoms with van der Waals surface area (Å²) in [6.07, 6.45) is 2.57. The number of guanidine groups is 1. The number of likely N-dealkylation sites (tertiary alicyclic amines) is 1. The monoisotopic (exact) mass is 504 g/mol. The molecule has 2 saturated heterocycles. The average Bonchev–Trinajstić information content (AvgIpc) is 2.71. The molecule has 0 spiro atoms. The smallest absolute Gasteiger partial charge is 0.193 e. The Hall–Kier alpha value is -0.670. The van der Waals surface area contributed by atoms with Crippen molar-refractivity contribution in [1.29, 1.82) is 0 Å². The minimum absolute atomic E-state index is 0. The molecule has 1 aromatic carbocycles. The highest BCUT2D eigenvalue weighted by molar-refractivity contribution is 14.0. The summed E-state index contributed by atoms with van der Waals surface area (Å²) in [6.45, 7) is 8.03. The van der Waals surface area contributed by atoms with E-state index in [-0.39, 0.29) is 24.0 Å². The van der Waals surface area contributed by atoms with Crippen LogP contribution < -0.4 is 10.2 Å². The molecule has 2 aliphatic rings. The van der Waals surface area contributed by atoms with Crippen LogP contribution in [0.25, 0.3) is 0 Å². The maximum atomic E-state index is 5.74. The topological polar surface area (TPSA) is 40.1 Å². The van der Waals surface area contributed by atoms with E-state index in [1.54, 1.807) is 0 Å². The molecule has 0 bridgehead atoms. The van der Waals surface area contributed by atoms with E-state index >= 15 is 0 Å². The van der Waals surface area contributed by atoms with E-state index in [0.29, 0.717) is 6.10 Å². The number of anilines is 1. The molecule has 3 rings (SSSR count). The fourth-order valence-electron chi connectivity index (χ4n) is 3.63. The molecule has 1 N–H and O–H groups in total. The summed E-state index contributed by atoms with van der Waals surface area (Å²) in [5.74, 6) is 3.47. The molecule has 0 unspecified atom stereocenters. The van der Waals surface area contributed by atoms with Crippen molar-refractivity contribution in [1.82, 2.24) is 10.2 Å². The number of ether oxygens (including phenoxy) is 1. The van der Waals surface area contributed by atoms with Gasteiger partial charge in [0.1, 0.15) is 0 Å². The van der Waals surface area contributed by atoms with Gasteiger partial charge < -0.3 is 19.9 Å². The Kier molecular flexibility index (Phi) is 10.1. The van der Waals surface area contributed by atoms with Crippen LogP contribution in [-0.2, 0) is 11.3 Å². The van der Waals surface area contributed by atoms with Gasteiger partial charge in [-0.2, -0.15) is 11.8 Å². The van der Waals surface area contributed by atoms with Gasteiger partial charge in [0.15, 0.2) is 5.96 Å². The predicted octanol–water partition coefficient (Wildman–Crippen LogP) is 3.43. The van der Waals surface area contributed by atoms with Crippen LogP contribution in [0.4, 0.5) is 5.69 Å². The largest absolute Gasteiger partial charge is 0.378 e. The van der Waals surface area contributed by atoms with Crippen LogP contribution in [0.15, 0.2) is 29.3 Å². The lowest BCUT2D eigenvalue weighted by atomic mass is 10.1. The molecule has 0 aromatic heterocycles. The van der Waals surface area contributed by atoms with Gasteiger partial charge in [-0.15, -0.1) is 24.0 Å².